The number of nitrogens with one attached hydrogen (secondary N) is 1. The lowest BCUT2D eigenvalue weighted by Crippen LogP contribution is -2.17. The molecule has 0 unspecified atom stereocenters. The predicted molar refractivity (Wildman–Crippen MR) is 97.8 cm³/mol. The van der Waals surface area contributed by atoms with Crippen LogP contribution in [0.15, 0.2) is 47.4 Å². The van der Waals surface area contributed by atoms with E-state index in [1.54, 1.807) is 30.3 Å². The summed E-state index contributed by atoms with van der Waals surface area (Å²) in [4.78, 5) is 12.3. The van der Waals surface area contributed by atoms with E-state index in [0.717, 1.165) is 0 Å². The van der Waals surface area contributed by atoms with Crippen molar-refractivity contribution < 1.29 is 27.4 Å². The molecule has 0 aliphatic heterocycles. The number of amides is 1. The summed E-state index contributed by atoms with van der Waals surface area (Å²) in [6, 6.07) is 11.0. The van der Waals surface area contributed by atoms with Gasteiger partial charge in [-0.25, -0.2) is 8.42 Å². The lowest BCUT2D eigenvalue weighted by atomic mass is 10.2. The average Bonchev–Trinajstić information content (AvgIpc) is 2.66. The summed E-state index contributed by atoms with van der Waals surface area (Å²) in [7, 11) is 0.941. The third kappa shape index (κ3) is 5.13. The highest BCUT2D eigenvalue weighted by Crippen LogP contribution is 2.26. The minimum absolute atomic E-state index is 0.147. The van der Waals surface area contributed by atoms with Crippen LogP contribution in [-0.4, -0.2) is 41.4 Å². The molecule has 140 valence electrons. The molecule has 0 spiro atoms. The molecule has 8 heteroatoms. The van der Waals surface area contributed by atoms with E-state index < -0.39 is 15.7 Å². The van der Waals surface area contributed by atoms with Crippen molar-refractivity contribution in [2.75, 3.05) is 32.4 Å². The van der Waals surface area contributed by atoms with Crippen LogP contribution in [-0.2, 0) is 14.6 Å². The fourth-order valence-corrected chi connectivity index (χ4v) is 3.47. The second kappa shape index (κ2) is 8.57. The molecule has 2 aromatic carbocycles. The fourth-order valence-electron chi connectivity index (χ4n) is 2.23. The quantitative estimate of drug-likeness (QED) is 0.758. The zero-order valence-electron chi connectivity index (χ0n) is 14.8. The first-order valence-corrected chi connectivity index (χ1v) is 9.43. The first kappa shape index (κ1) is 19.6. The van der Waals surface area contributed by atoms with E-state index in [-0.39, 0.29) is 17.1 Å². The van der Waals surface area contributed by atoms with Crippen LogP contribution in [0, 0.1) is 0 Å². The van der Waals surface area contributed by atoms with Gasteiger partial charge in [0.2, 0.25) is 5.91 Å². The van der Waals surface area contributed by atoms with Crippen molar-refractivity contribution in [2.45, 2.75) is 11.3 Å². The van der Waals surface area contributed by atoms with Gasteiger partial charge in [-0.1, -0.05) is 0 Å². The maximum atomic E-state index is 12.3. The Bertz CT molecular complexity index is 840. The maximum Gasteiger partial charge on any atom is 0.225 e. The Labute approximate surface area is 152 Å². The van der Waals surface area contributed by atoms with Gasteiger partial charge in [0, 0.05) is 30.3 Å². The maximum absolute atomic E-state index is 12.3. The van der Waals surface area contributed by atoms with Gasteiger partial charge in [-0.15, -0.1) is 0 Å². The van der Waals surface area contributed by atoms with E-state index in [2.05, 4.69) is 5.32 Å². The van der Waals surface area contributed by atoms with Crippen molar-refractivity contribution >= 4 is 21.4 Å². The van der Waals surface area contributed by atoms with Gasteiger partial charge in [-0.3, -0.25) is 4.79 Å². The number of hydrogen-bond donors (Lipinski definition) is 1. The second-order valence-electron chi connectivity index (χ2n) is 5.39. The molecule has 0 bridgehead atoms. The van der Waals surface area contributed by atoms with E-state index in [1.165, 1.54) is 33.5 Å². The Hall–Kier alpha value is -2.74. The summed E-state index contributed by atoms with van der Waals surface area (Å²) in [5.74, 6) is 0.883. The second-order valence-corrected chi connectivity index (χ2v) is 7.50. The highest BCUT2D eigenvalue weighted by Gasteiger charge is 2.17. The van der Waals surface area contributed by atoms with E-state index in [1.807, 2.05) is 0 Å². The Morgan fingerprint density at radius 2 is 1.42 bits per heavy atom. The van der Waals surface area contributed by atoms with Crippen molar-refractivity contribution in [1.29, 1.82) is 0 Å². The number of ether oxygens (including phenoxy) is 3. The molecule has 0 aromatic heterocycles. The predicted octanol–water partition coefficient (Wildman–Crippen LogP) is 2.51. The van der Waals surface area contributed by atoms with Crippen LogP contribution in [0.5, 0.6) is 17.2 Å². The Kier molecular flexibility index (Phi) is 6.46. The Balaban J connectivity index is 2.01. The van der Waals surface area contributed by atoms with Crippen LogP contribution in [0.4, 0.5) is 5.69 Å². The molecule has 2 rings (SSSR count). The molecule has 0 fully saturated rings. The van der Waals surface area contributed by atoms with Gasteiger partial charge in [-0.05, 0) is 24.3 Å². The Morgan fingerprint density at radius 1 is 0.885 bits per heavy atom. The lowest BCUT2D eigenvalue weighted by molar-refractivity contribution is -0.115. The molecule has 0 radical (unpaired) electrons. The molecule has 26 heavy (non-hydrogen) atoms. The van der Waals surface area contributed by atoms with E-state index >= 15 is 0 Å². The molecular formula is C18H21NO6S. The molecule has 7 nitrogen and oxygen atoms in total. The highest BCUT2D eigenvalue weighted by atomic mass is 32.2. The van der Waals surface area contributed by atoms with Crippen molar-refractivity contribution in [2.24, 2.45) is 0 Å². The van der Waals surface area contributed by atoms with Crippen molar-refractivity contribution in [1.82, 2.24) is 0 Å². The summed E-state index contributed by atoms with van der Waals surface area (Å²) >= 11 is 0. The number of benzene rings is 2. The van der Waals surface area contributed by atoms with E-state index in [9.17, 15) is 13.2 Å². The third-order valence-corrected chi connectivity index (χ3v) is 5.38. The number of carbonyl (C=O) groups excluding carboxylic acids is 1. The average molecular weight is 379 g/mol. The molecule has 1 amide bonds. The number of sulfone groups is 1. The number of carbonyl (C=O) groups is 1. The van der Waals surface area contributed by atoms with Crippen molar-refractivity contribution in [3.63, 3.8) is 0 Å². The molecular weight excluding hydrogens is 358 g/mol. The minimum atomic E-state index is -3.56. The molecule has 0 saturated heterocycles. The number of hydrogen-bond acceptors (Lipinski definition) is 6. The van der Waals surface area contributed by atoms with Gasteiger partial charge < -0.3 is 19.5 Å². The summed E-state index contributed by atoms with van der Waals surface area (Å²) in [6.45, 7) is 0. The van der Waals surface area contributed by atoms with Crippen LogP contribution in [0.2, 0.25) is 0 Å². The topological polar surface area (TPSA) is 90.9 Å². The smallest absolute Gasteiger partial charge is 0.225 e. The normalized spacial score (nSPS) is 10.9. The zero-order chi connectivity index (χ0) is 19.2. The summed E-state index contributed by atoms with van der Waals surface area (Å²) in [5.41, 5.74) is 0.466. The van der Waals surface area contributed by atoms with Gasteiger partial charge in [0.25, 0.3) is 0 Å². The molecule has 0 atom stereocenters. The van der Waals surface area contributed by atoms with Crippen LogP contribution in [0.1, 0.15) is 6.42 Å². The first-order valence-electron chi connectivity index (χ1n) is 7.77. The summed E-state index contributed by atoms with van der Waals surface area (Å²) in [6.07, 6.45) is -0.173. The van der Waals surface area contributed by atoms with Crippen LogP contribution in [0.25, 0.3) is 0 Å². The van der Waals surface area contributed by atoms with E-state index in [0.29, 0.717) is 22.9 Å². The van der Waals surface area contributed by atoms with Crippen LogP contribution < -0.4 is 19.5 Å². The number of anilines is 1. The number of methoxy groups -OCH3 is 3. The van der Waals surface area contributed by atoms with Crippen molar-refractivity contribution in [3.8, 4) is 17.2 Å². The largest absolute Gasteiger partial charge is 0.497 e. The standard InChI is InChI=1S/C18H21NO6S/c1-23-14-4-6-17(7-5-14)26(21,22)9-8-18(20)19-13-10-15(24-2)12-16(11-13)25-3/h4-7,10-12H,8-9H2,1-3H3,(H,19,20). The van der Waals surface area contributed by atoms with Gasteiger partial charge in [0.1, 0.15) is 17.2 Å². The minimum Gasteiger partial charge on any atom is -0.497 e. The number of rotatable bonds is 8. The van der Waals surface area contributed by atoms with Gasteiger partial charge in [0.15, 0.2) is 9.84 Å². The van der Waals surface area contributed by atoms with Gasteiger partial charge >= 0.3 is 0 Å². The van der Waals surface area contributed by atoms with Gasteiger partial charge in [0.05, 0.1) is 32.0 Å². The third-order valence-electron chi connectivity index (χ3n) is 3.65. The molecule has 0 aliphatic carbocycles. The van der Waals surface area contributed by atoms with E-state index in [4.69, 9.17) is 14.2 Å². The Morgan fingerprint density at radius 3 is 1.92 bits per heavy atom. The van der Waals surface area contributed by atoms with Gasteiger partial charge in [-0.2, -0.15) is 0 Å². The van der Waals surface area contributed by atoms with Crippen molar-refractivity contribution in [3.05, 3.63) is 42.5 Å². The zero-order valence-corrected chi connectivity index (χ0v) is 15.6. The summed E-state index contributed by atoms with van der Waals surface area (Å²) in [5, 5.41) is 2.65. The SMILES string of the molecule is COc1ccc(S(=O)(=O)CCC(=O)Nc2cc(OC)cc(OC)c2)cc1. The molecule has 2 aromatic rings. The lowest BCUT2D eigenvalue weighted by Gasteiger charge is -2.10. The first-order chi connectivity index (χ1) is 12.4. The molecule has 1 N–H and O–H groups in total. The molecule has 0 aliphatic rings. The highest BCUT2D eigenvalue weighted by molar-refractivity contribution is 7.91. The summed E-state index contributed by atoms with van der Waals surface area (Å²) < 4.78 is 39.9. The molecule has 0 heterocycles. The van der Waals surface area contributed by atoms with Crippen LogP contribution >= 0.6 is 0 Å². The fraction of sp³-hybridized carbons (Fsp3) is 0.278. The molecule has 0 saturated carbocycles. The van der Waals surface area contributed by atoms with Crippen LogP contribution in [0.3, 0.4) is 0 Å². The monoisotopic (exact) mass is 379 g/mol.